The van der Waals surface area contributed by atoms with Gasteiger partial charge in [-0.3, -0.25) is 0 Å². The summed E-state index contributed by atoms with van der Waals surface area (Å²) in [6.45, 7) is 1.61. The molecule has 0 bridgehead atoms. The quantitative estimate of drug-likeness (QED) is 0.0821. The van der Waals surface area contributed by atoms with Crippen LogP contribution in [0.25, 0.3) is 0 Å². The van der Waals surface area contributed by atoms with E-state index >= 15 is 0 Å². The third kappa shape index (κ3) is 12.7. The van der Waals surface area contributed by atoms with Gasteiger partial charge in [-0.1, -0.05) is 0 Å². The predicted octanol–water partition coefficient (Wildman–Crippen LogP) is -9.31. The summed E-state index contributed by atoms with van der Waals surface area (Å²) in [5.41, 5.74) is 0. The van der Waals surface area contributed by atoms with Crippen molar-refractivity contribution in [3.05, 3.63) is 0 Å². The van der Waals surface area contributed by atoms with Crippen molar-refractivity contribution in [2.45, 2.75) is 13.2 Å². The summed E-state index contributed by atoms with van der Waals surface area (Å²) < 4.78 is 17.2. The molecule has 0 rings (SSSR count). The Kier molecular flexibility index (Phi) is 14.5. The first kappa shape index (κ1) is 14.7. The van der Waals surface area contributed by atoms with Crippen molar-refractivity contribution >= 4 is 22.9 Å². The fourth-order valence-electron chi connectivity index (χ4n) is 0.184. The van der Waals surface area contributed by atoms with Crippen molar-refractivity contribution in [3.63, 3.8) is 0 Å². The van der Waals surface area contributed by atoms with E-state index in [-0.39, 0.29) is 43.4 Å². The number of halogens is 4. The Labute approximate surface area is 119 Å². The maximum absolute atomic E-state index is 8.73. The van der Waals surface area contributed by atoms with Gasteiger partial charge in [-0.25, -0.2) is 0 Å². The molecule has 0 aliphatic rings. The van der Waals surface area contributed by atoms with Crippen LogP contribution in [0.15, 0.2) is 0 Å². The second kappa shape index (κ2) is 11.8. The SMILES string of the molecule is CC(O)O[I-]N[I-]CO[I-]NI. The topological polar surface area (TPSA) is 62.8 Å². The Bertz CT molecular complexity index is 97.6. The van der Waals surface area contributed by atoms with Crippen molar-refractivity contribution in [1.29, 1.82) is 0 Å². The van der Waals surface area contributed by atoms with Crippen molar-refractivity contribution in [1.82, 2.24) is 3.49 Å². The Morgan fingerprint density at radius 1 is 1.58 bits per heavy atom. The zero-order valence-electron chi connectivity index (χ0n) is 6.06. The summed E-state index contributed by atoms with van der Waals surface area (Å²) in [7, 11) is 0. The number of hydrogen-bond donors (Lipinski definition) is 3. The van der Waals surface area contributed by atoms with Crippen LogP contribution in [-0.2, 0) is 6.13 Å². The molecule has 0 heterocycles. The molecule has 3 N–H and O–H groups in total. The molecule has 0 amide bonds. The first-order valence-corrected chi connectivity index (χ1v) is 10.3. The standard InChI is InChI=1S/C3H9I4N2O3/c1-3(10)12-7-9-5-2-11-6-8-4/h3,8-10H,2H2,1H3/q-3. The van der Waals surface area contributed by atoms with Crippen LogP contribution in [0.2, 0.25) is 0 Å². The molecule has 1 unspecified atom stereocenters. The summed E-state index contributed by atoms with van der Waals surface area (Å²) >= 11 is 1.24. The van der Waals surface area contributed by atoms with Crippen molar-refractivity contribution in [3.8, 4) is 0 Å². The Morgan fingerprint density at radius 3 is 2.92 bits per heavy atom. The van der Waals surface area contributed by atoms with Gasteiger partial charge in [-0.05, 0) is 0 Å². The van der Waals surface area contributed by atoms with Gasteiger partial charge in [-0.2, -0.15) is 0 Å². The molecule has 0 spiro atoms. The average molecular weight is 629 g/mol. The van der Waals surface area contributed by atoms with Gasteiger partial charge in [0.25, 0.3) is 0 Å². The van der Waals surface area contributed by atoms with Gasteiger partial charge < -0.3 is 0 Å². The Morgan fingerprint density at radius 2 is 2.33 bits per heavy atom. The van der Waals surface area contributed by atoms with Crippen LogP contribution in [-0.4, -0.2) is 16.0 Å². The van der Waals surface area contributed by atoms with Crippen molar-refractivity contribution in [2.75, 3.05) is 4.61 Å². The van der Waals surface area contributed by atoms with Gasteiger partial charge in [0.15, 0.2) is 0 Å². The molecule has 0 aromatic heterocycles. The number of hydrogen-bond acceptors (Lipinski definition) is 5. The molecular formula is C3H9I4N2O3-3. The van der Waals surface area contributed by atoms with E-state index in [1.165, 1.54) is 0 Å². The van der Waals surface area contributed by atoms with E-state index in [0.29, 0.717) is 0 Å². The fraction of sp³-hybridized carbons (Fsp3) is 1.00. The number of aliphatic hydroxyl groups is 1. The minimum absolute atomic E-state index is 0.0949. The van der Waals surface area contributed by atoms with Gasteiger partial charge >= 0.3 is 121 Å². The van der Waals surface area contributed by atoms with E-state index in [9.17, 15) is 0 Å². The third-order valence-corrected chi connectivity index (χ3v) is 8.65. The molecule has 0 aromatic rings. The number of rotatable bonds is 8. The van der Waals surface area contributed by atoms with Gasteiger partial charge in [-0.15, -0.1) is 0 Å². The first-order valence-electron chi connectivity index (χ1n) is 2.69. The molecule has 12 heavy (non-hydrogen) atoms. The molecule has 0 saturated carbocycles. The monoisotopic (exact) mass is 629 g/mol. The summed E-state index contributed by atoms with van der Waals surface area (Å²) in [5, 5.41) is 8.73. The van der Waals surface area contributed by atoms with E-state index in [1.807, 2.05) is 0 Å². The second-order valence-electron chi connectivity index (χ2n) is 1.34. The minimum atomic E-state index is -0.640. The second-order valence-corrected chi connectivity index (χ2v) is 11.0. The molecule has 0 aliphatic heterocycles. The molecule has 80 valence electrons. The zero-order valence-corrected chi connectivity index (χ0v) is 14.7. The van der Waals surface area contributed by atoms with Gasteiger partial charge in [0, 0.05) is 0 Å². The molecule has 0 fully saturated rings. The predicted molar refractivity (Wildman–Crippen MR) is 39.0 cm³/mol. The van der Waals surface area contributed by atoms with Crippen LogP contribution in [0.1, 0.15) is 6.92 Å². The van der Waals surface area contributed by atoms with Gasteiger partial charge in [0.2, 0.25) is 0 Å². The third-order valence-electron chi connectivity index (χ3n) is 0.433. The van der Waals surface area contributed by atoms with E-state index < -0.39 is 28.2 Å². The molecule has 9 heteroatoms. The molecule has 0 aliphatic carbocycles. The summed E-state index contributed by atoms with van der Waals surface area (Å²) in [4.78, 5) is 0. The van der Waals surface area contributed by atoms with E-state index in [1.54, 1.807) is 6.92 Å². The fourth-order valence-corrected chi connectivity index (χ4v) is 5.83. The number of nitrogens with one attached hydrogen (secondary N) is 2. The van der Waals surface area contributed by atoms with Crippen LogP contribution >= 0.6 is 22.9 Å². The average Bonchev–Trinajstić information content (AvgIpc) is 2.02. The number of alkyl halides is 1. The molecule has 0 aromatic carbocycles. The van der Waals surface area contributed by atoms with Crippen LogP contribution in [0.5, 0.6) is 0 Å². The van der Waals surface area contributed by atoms with Crippen LogP contribution < -0.4 is 68.8 Å². The van der Waals surface area contributed by atoms with E-state index in [4.69, 9.17) is 11.2 Å². The van der Waals surface area contributed by atoms with Crippen molar-refractivity contribution < 1.29 is 76.5 Å². The van der Waals surface area contributed by atoms with Crippen LogP contribution in [0, 0.1) is 0 Å². The molecule has 1 atom stereocenters. The van der Waals surface area contributed by atoms with Crippen LogP contribution in [0.3, 0.4) is 0 Å². The van der Waals surface area contributed by atoms with E-state index in [2.05, 4.69) is 26.4 Å². The summed E-state index contributed by atoms with van der Waals surface area (Å²) in [6, 6.07) is 0. The first-order chi connectivity index (χ1) is 5.77. The van der Waals surface area contributed by atoms with E-state index in [0.717, 1.165) is 4.61 Å². The Balaban J connectivity index is 2.82. The normalized spacial score (nSPS) is 14.2. The van der Waals surface area contributed by atoms with Crippen molar-refractivity contribution in [2.24, 2.45) is 0 Å². The Hall–Kier alpha value is 2.72. The summed E-state index contributed by atoms with van der Waals surface area (Å²) in [6.07, 6.45) is -0.640. The summed E-state index contributed by atoms with van der Waals surface area (Å²) in [5.74, 6) is 0. The van der Waals surface area contributed by atoms with Gasteiger partial charge in [0.1, 0.15) is 0 Å². The molecule has 0 saturated heterocycles. The number of aliphatic hydroxyl groups excluding tert-OH is 1. The molecular weight excluding hydrogens is 620 g/mol. The zero-order chi connectivity index (χ0) is 9.23. The molecule has 5 nitrogen and oxygen atoms in total. The molecule has 0 radical (unpaired) electrons. The van der Waals surface area contributed by atoms with Gasteiger partial charge in [0.05, 0.1) is 0 Å². The van der Waals surface area contributed by atoms with Crippen LogP contribution in [0.4, 0.5) is 0 Å². The maximum atomic E-state index is 8.73.